The van der Waals surface area contributed by atoms with Crippen molar-refractivity contribution >= 4 is 43.0 Å². The number of fused-ring (bicyclic) bond motifs is 1. The number of ether oxygens (including phenoxy) is 1. The van der Waals surface area contributed by atoms with Gasteiger partial charge in [-0.2, -0.15) is 0 Å². The van der Waals surface area contributed by atoms with Crippen molar-refractivity contribution < 1.29 is 17.9 Å². The summed E-state index contributed by atoms with van der Waals surface area (Å²) in [5.41, 5.74) is 2.61. The molecule has 2 aromatic carbocycles. The van der Waals surface area contributed by atoms with Crippen molar-refractivity contribution in [1.29, 1.82) is 0 Å². The number of sulfonamides is 1. The zero-order valence-electron chi connectivity index (χ0n) is 17.3. The van der Waals surface area contributed by atoms with E-state index in [0.717, 1.165) is 27.6 Å². The average Bonchev–Trinajstić information content (AvgIpc) is 3.13. The number of nitrogens with one attached hydrogen (secondary N) is 1. The maximum Gasteiger partial charge on any atom is 0.261 e. The second-order valence-corrected chi connectivity index (χ2v) is 10.2. The molecule has 3 aromatic rings. The van der Waals surface area contributed by atoms with Gasteiger partial charge in [0, 0.05) is 25.0 Å². The summed E-state index contributed by atoms with van der Waals surface area (Å²) in [5, 5.41) is 3.72. The van der Waals surface area contributed by atoms with Crippen molar-refractivity contribution in [2.24, 2.45) is 0 Å². The van der Waals surface area contributed by atoms with Crippen molar-refractivity contribution in [3.63, 3.8) is 0 Å². The third-order valence-corrected chi connectivity index (χ3v) is 6.93. The fourth-order valence-electron chi connectivity index (χ4n) is 3.06. The Morgan fingerprint density at radius 2 is 1.87 bits per heavy atom. The summed E-state index contributed by atoms with van der Waals surface area (Å²) in [6.07, 6.45) is 1.96. The number of amides is 1. The molecule has 30 heavy (non-hydrogen) atoms. The SMILES string of the molecule is COCCCNC(=O)c1cc2cc(N(Cc3ccc(C)cc3)S(C)(=O)=O)ccc2s1. The van der Waals surface area contributed by atoms with E-state index in [4.69, 9.17) is 4.74 Å². The van der Waals surface area contributed by atoms with Gasteiger partial charge < -0.3 is 10.1 Å². The number of rotatable bonds is 9. The Labute approximate surface area is 181 Å². The van der Waals surface area contributed by atoms with Gasteiger partial charge in [-0.25, -0.2) is 8.42 Å². The number of thiophene rings is 1. The molecule has 1 aromatic heterocycles. The molecule has 1 amide bonds. The number of hydrogen-bond acceptors (Lipinski definition) is 5. The highest BCUT2D eigenvalue weighted by atomic mass is 32.2. The Morgan fingerprint density at radius 3 is 2.53 bits per heavy atom. The van der Waals surface area contributed by atoms with E-state index < -0.39 is 10.0 Å². The summed E-state index contributed by atoms with van der Waals surface area (Å²) in [5.74, 6) is -0.131. The molecule has 0 radical (unpaired) electrons. The largest absolute Gasteiger partial charge is 0.385 e. The molecule has 0 aliphatic carbocycles. The Balaban J connectivity index is 1.84. The average molecular weight is 447 g/mol. The van der Waals surface area contributed by atoms with Crippen molar-refractivity contribution in [3.05, 3.63) is 64.5 Å². The first-order chi connectivity index (χ1) is 14.3. The van der Waals surface area contributed by atoms with Gasteiger partial charge in [0.25, 0.3) is 5.91 Å². The Kier molecular flexibility index (Phi) is 7.12. The topological polar surface area (TPSA) is 75.7 Å². The molecule has 1 heterocycles. The van der Waals surface area contributed by atoms with Gasteiger partial charge in [0.2, 0.25) is 10.0 Å². The molecule has 0 saturated carbocycles. The van der Waals surface area contributed by atoms with Gasteiger partial charge in [0.1, 0.15) is 0 Å². The molecular weight excluding hydrogens is 420 g/mol. The lowest BCUT2D eigenvalue weighted by molar-refractivity contribution is 0.0952. The molecule has 8 heteroatoms. The quantitative estimate of drug-likeness (QED) is 0.505. The predicted molar refractivity (Wildman–Crippen MR) is 123 cm³/mol. The van der Waals surface area contributed by atoms with Crippen molar-refractivity contribution in [3.8, 4) is 0 Å². The van der Waals surface area contributed by atoms with Crippen LogP contribution in [0.15, 0.2) is 48.5 Å². The minimum Gasteiger partial charge on any atom is -0.385 e. The van der Waals surface area contributed by atoms with Crippen LogP contribution >= 0.6 is 11.3 Å². The first kappa shape index (κ1) is 22.3. The lowest BCUT2D eigenvalue weighted by Crippen LogP contribution is -2.29. The van der Waals surface area contributed by atoms with E-state index in [9.17, 15) is 13.2 Å². The van der Waals surface area contributed by atoms with E-state index in [2.05, 4.69) is 5.32 Å². The third-order valence-electron chi connectivity index (χ3n) is 4.67. The van der Waals surface area contributed by atoms with Gasteiger partial charge in [-0.1, -0.05) is 29.8 Å². The Hall–Kier alpha value is -2.42. The minimum atomic E-state index is -3.48. The lowest BCUT2D eigenvalue weighted by atomic mass is 10.1. The summed E-state index contributed by atoms with van der Waals surface area (Å²) < 4.78 is 32.3. The van der Waals surface area contributed by atoms with Crippen LogP contribution in [0.4, 0.5) is 5.69 Å². The first-order valence-electron chi connectivity index (χ1n) is 9.62. The zero-order valence-corrected chi connectivity index (χ0v) is 19.0. The molecular formula is C22H26N2O4S2. The molecule has 0 atom stereocenters. The molecule has 0 saturated heterocycles. The van der Waals surface area contributed by atoms with Crippen LogP contribution in [0.3, 0.4) is 0 Å². The molecule has 0 spiro atoms. The molecule has 0 bridgehead atoms. The summed E-state index contributed by atoms with van der Waals surface area (Å²) in [7, 11) is -1.85. The smallest absolute Gasteiger partial charge is 0.261 e. The van der Waals surface area contributed by atoms with E-state index in [1.807, 2.05) is 49.4 Å². The zero-order chi connectivity index (χ0) is 21.7. The number of benzene rings is 2. The first-order valence-corrected chi connectivity index (χ1v) is 12.3. The van der Waals surface area contributed by atoms with Crippen LogP contribution in [-0.4, -0.2) is 40.8 Å². The highest BCUT2D eigenvalue weighted by molar-refractivity contribution is 7.92. The van der Waals surface area contributed by atoms with E-state index >= 15 is 0 Å². The molecule has 3 rings (SSSR count). The number of methoxy groups -OCH3 is 1. The van der Waals surface area contributed by atoms with E-state index in [-0.39, 0.29) is 12.5 Å². The van der Waals surface area contributed by atoms with Crippen LogP contribution in [0, 0.1) is 6.92 Å². The minimum absolute atomic E-state index is 0.131. The van der Waals surface area contributed by atoms with Gasteiger partial charge in [0.05, 0.1) is 23.4 Å². The van der Waals surface area contributed by atoms with Crippen LogP contribution in [0.5, 0.6) is 0 Å². The van der Waals surface area contributed by atoms with Gasteiger partial charge >= 0.3 is 0 Å². The Morgan fingerprint density at radius 1 is 1.13 bits per heavy atom. The highest BCUT2D eigenvalue weighted by Crippen LogP contribution is 2.31. The second-order valence-electron chi connectivity index (χ2n) is 7.19. The molecule has 6 nitrogen and oxygen atoms in total. The summed E-state index contributed by atoms with van der Waals surface area (Å²) >= 11 is 1.39. The van der Waals surface area contributed by atoms with Crippen molar-refractivity contribution in [2.45, 2.75) is 19.9 Å². The molecule has 0 aliphatic heterocycles. The van der Waals surface area contributed by atoms with Gasteiger partial charge in [0.15, 0.2) is 0 Å². The molecule has 0 fully saturated rings. The molecule has 160 valence electrons. The van der Waals surface area contributed by atoms with Gasteiger partial charge in [-0.15, -0.1) is 11.3 Å². The van der Waals surface area contributed by atoms with Crippen LogP contribution in [0.25, 0.3) is 10.1 Å². The monoisotopic (exact) mass is 446 g/mol. The Bertz CT molecular complexity index is 1120. The second kappa shape index (κ2) is 9.59. The lowest BCUT2D eigenvalue weighted by Gasteiger charge is -2.22. The van der Waals surface area contributed by atoms with Gasteiger partial charge in [-0.05, 0) is 48.6 Å². The molecule has 1 N–H and O–H groups in total. The van der Waals surface area contributed by atoms with Crippen LogP contribution in [0.1, 0.15) is 27.2 Å². The summed E-state index contributed by atoms with van der Waals surface area (Å²) in [6, 6.07) is 15.1. The van der Waals surface area contributed by atoms with Crippen molar-refractivity contribution in [1.82, 2.24) is 5.32 Å². The van der Waals surface area contributed by atoms with E-state index in [1.54, 1.807) is 13.2 Å². The standard InChI is InChI=1S/C22H26N2O4S2/c1-16-5-7-17(8-6-16)15-24(30(3,26)27)19-9-10-20-18(13-19)14-21(29-20)22(25)23-11-4-12-28-2/h5-10,13-14H,4,11-12,15H2,1-3H3,(H,23,25). The number of anilines is 1. The number of nitrogens with zero attached hydrogens (tertiary/aromatic N) is 1. The number of hydrogen-bond donors (Lipinski definition) is 1. The molecule has 0 aliphatic rings. The van der Waals surface area contributed by atoms with E-state index in [0.29, 0.717) is 23.7 Å². The fraction of sp³-hybridized carbons (Fsp3) is 0.318. The fourth-order valence-corrected chi connectivity index (χ4v) is 4.90. The summed E-state index contributed by atoms with van der Waals surface area (Å²) in [6.45, 7) is 3.39. The third kappa shape index (κ3) is 5.59. The van der Waals surface area contributed by atoms with Crippen molar-refractivity contribution in [2.75, 3.05) is 30.8 Å². The van der Waals surface area contributed by atoms with E-state index in [1.165, 1.54) is 21.9 Å². The maximum absolute atomic E-state index is 12.5. The normalized spacial score (nSPS) is 11.6. The molecule has 0 unspecified atom stereocenters. The number of carbonyl (C=O) groups excluding carboxylic acids is 1. The van der Waals surface area contributed by atoms with Crippen LogP contribution in [0.2, 0.25) is 0 Å². The van der Waals surface area contributed by atoms with Gasteiger partial charge in [-0.3, -0.25) is 9.10 Å². The summed E-state index contributed by atoms with van der Waals surface area (Å²) in [4.78, 5) is 13.0. The highest BCUT2D eigenvalue weighted by Gasteiger charge is 2.19. The maximum atomic E-state index is 12.5. The predicted octanol–water partition coefficient (Wildman–Crippen LogP) is 3.94. The number of carbonyl (C=O) groups is 1. The number of aryl methyl sites for hydroxylation is 1. The van der Waals surface area contributed by atoms with Crippen LogP contribution < -0.4 is 9.62 Å². The van der Waals surface area contributed by atoms with Crippen LogP contribution in [-0.2, 0) is 21.3 Å².